The molecule has 4 nitrogen and oxygen atoms in total. The number of rotatable bonds is 2. The number of carbonyl (C=O) groups excluding carboxylic acids is 2. The van der Waals surface area contributed by atoms with Crippen molar-refractivity contribution in [3.63, 3.8) is 0 Å². The molecule has 0 aromatic heterocycles. The van der Waals surface area contributed by atoms with Crippen LogP contribution in [-0.2, 0) is 0 Å². The number of nitrogens with two attached hydrogens (primary N) is 2. The summed E-state index contributed by atoms with van der Waals surface area (Å²) in [7, 11) is 0. The minimum absolute atomic E-state index is 0. The maximum absolute atomic E-state index is 10.7. The number of amides is 2. The van der Waals surface area contributed by atoms with Crippen molar-refractivity contribution in [2.75, 3.05) is 0 Å². The Balaban J connectivity index is 0.00000144. The van der Waals surface area contributed by atoms with Crippen LogP contribution in [0.2, 0.25) is 0 Å². The van der Waals surface area contributed by atoms with Gasteiger partial charge in [0.05, 0.1) is 11.1 Å². The van der Waals surface area contributed by atoms with Crippen LogP contribution in [0.3, 0.4) is 0 Å². The molecule has 0 radical (unpaired) electrons. The van der Waals surface area contributed by atoms with Crippen LogP contribution in [0.25, 0.3) is 0 Å². The molecule has 64 valence electrons. The van der Waals surface area contributed by atoms with Crippen molar-refractivity contribution < 1.29 is 9.59 Å². The van der Waals surface area contributed by atoms with Gasteiger partial charge in [-0.1, -0.05) is 12.1 Å². The standard InChI is InChI=1S/C8H8N2O2.Na.H/c9-7(11)5-3-1-2-4-6(5)8(10)12;;/h1-4H,(H2,9,11)(H2,10,12);;. The Labute approximate surface area is 97.6 Å². The van der Waals surface area contributed by atoms with Crippen molar-refractivity contribution in [2.24, 2.45) is 11.5 Å². The van der Waals surface area contributed by atoms with Crippen molar-refractivity contribution in [3.05, 3.63) is 35.4 Å². The van der Waals surface area contributed by atoms with Gasteiger partial charge in [0.1, 0.15) is 0 Å². The molecule has 0 saturated carbocycles. The average molecular weight is 188 g/mol. The molecule has 0 aliphatic rings. The summed E-state index contributed by atoms with van der Waals surface area (Å²) in [5.41, 5.74) is 10.3. The third kappa shape index (κ3) is 2.84. The Hall–Kier alpha value is -0.840. The molecule has 0 saturated heterocycles. The number of primary amides is 2. The summed E-state index contributed by atoms with van der Waals surface area (Å²) in [6.07, 6.45) is 0. The zero-order valence-electron chi connectivity index (χ0n) is 6.28. The van der Waals surface area contributed by atoms with Gasteiger partial charge >= 0.3 is 29.6 Å². The first-order valence-corrected chi connectivity index (χ1v) is 3.31. The van der Waals surface area contributed by atoms with E-state index in [1.54, 1.807) is 12.1 Å². The maximum atomic E-state index is 10.7. The number of hydrogen-bond acceptors (Lipinski definition) is 2. The zero-order valence-corrected chi connectivity index (χ0v) is 6.28. The van der Waals surface area contributed by atoms with Crippen molar-refractivity contribution >= 4 is 41.4 Å². The third-order valence-electron chi connectivity index (χ3n) is 1.46. The van der Waals surface area contributed by atoms with Crippen LogP contribution < -0.4 is 11.5 Å². The van der Waals surface area contributed by atoms with Gasteiger partial charge in [0.15, 0.2) is 0 Å². The Bertz CT molecular complexity index is 306. The molecule has 4 N–H and O–H groups in total. The van der Waals surface area contributed by atoms with Crippen LogP contribution in [0.15, 0.2) is 24.3 Å². The SMILES string of the molecule is NC(=O)c1ccccc1C(N)=O.[NaH]. The normalized spacial score (nSPS) is 8.62. The monoisotopic (exact) mass is 188 g/mol. The molecule has 0 heterocycles. The summed E-state index contributed by atoms with van der Waals surface area (Å²) in [6.45, 7) is 0. The molecule has 0 atom stereocenters. The Morgan fingerprint density at radius 2 is 1.23 bits per heavy atom. The van der Waals surface area contributed by atoms with Gasteiger partial charge in [-0.3, -0.25) is 9.59 Å². The first kappa shape index (κ1) is 12.2. The number of carbonyl (C=O) groups is 2. The molecule has 1 aromatic carbocycles. The van der Waals surface area contributed by atoms with Crippen LogP contribution in [0.1, 0.15) is 20.7 Å². The summed E-state index contributed by atoms with van der Waals surface area (Å²) in [6, 6.07) is 6.16. The molecule has 0 fully saturated rings. The zero-order chi connectivity index (χ0) is 9.14. The van der Waals surface area contributed by atoms with Gasteiger partial charge in [-0.15, -0.1) is 0 Å². The molecule has 0 spiro atoms. The fourth-order valence-corrected chi connectivity index (χ4v) is 0.913. The van der Waals surface area contributed by atoms with Gasteiger partial charge < -0.3 is 11.5 Å². The van der Waals surface area contributed by atoms with Gasteiger partial charge in [-0.2, -0.15) is 0 Å². The number of benzene rings is 1. The molecular formula is C8H9N2NaO2. The molecule has 1 rings (SSSR count). The van der Waals surface area contributed by atoms with E-state index in [0.29, 0.717) is 0 Å². The summed E-state index contributed by atoms with van der Waals surface area (Å²) in [5, 5.41) is 0. The predicted octanol–water partition coefficient (Wildman–Crippen LogP) is -0.764. The second-order valence-electron chi connectivity index (χ2n) is 2.27. The van der Waals surface area contributed by atoms with Crippen LogP contribution in [0.4, 0.5) is 0 Å². The van der Waals surface area contributed by atoms with Crippen molar-refractivity contribution in [2.45, 2.75) is 0 Å². The van der Waals surface area contributed by atoms with Crippen molar-refractivity contribution in [1.82, 2.24) is 0 Å². The molecule has 0 aliphatic heterocycles. The summed E-state index contributed by atoms with van der Waals surface area (Å²) in [4.78, 5) is 21.5. The van der Waals surface area contributed by atoms with Gasteiger partial charge in [-0.25, -0.2) is 0 Å². The first-order valence-electron chi connectivity index (χ1n) is 3.31. The molecule has 1 aromatic rings. The van der Waals surface area contributed by atoms with E-state index in [9.17, 15) is 9.59 Å². The summed E-state index contributed by atoms with van der Waals surface area (Å²) in [5.74, 6) is -1.30. The van der Waals surface area contributed by atoms with Gasteiger partial charge in [-0.05, 0) is 12.1 Å². The van der Waals surface area contributed by atoms with E-state index >= 15 is 0 Å². The van der Waals surface area contributed by atoms with Crippen LogP contribution in [0.5, 0.6) is 0 Å². The Morgan fingerprint density at radius 1 is 0.923 bits per heavy atom. The van der Waals surface area contributed by atoms with Gasteiger partial charge in [0, 0.05) is 0 Å². The van der Waals surface area contributed by atoms with E-state index < -0.39 is 11.8 Å². The Kier molecular flexibility index (Phi) is 4.69. The van der Waals surface area contributed by atoms with E-state index in [1.807, 2.05) is 0 Å². The molecule has 2 amide bonds. The Morgan fingerprint density at radius 3 is 1.46 bits per heavy atom. The van der Waals surface area contributed by atoms with E-state index in [2.05, 4.69) is 0 Å². The first-order chi connectivity index (χ1) is 5.63. The molecule has 0 bridgehead atoms. The summed E-state index contributed by atoms with van der Waals surface area (Å²) >= 11 is 0. The summed E-state index contributed by atoms with van der Waals surface area (Å²) < 4.78 is 0. The number of hydrogen-bond donors (Lipinski definition) is 2. The van der Waals surface area contributed by atoms with Crippen molar-refractivity contribution in [1.29, 1.82) is 0 Å². The van der Waals surface area contributed by atoms with E-state index in [1.165, 1.54) is 12.1 Å². The fourth-order valence-electron chi connectivity index (χ4n) is 0.913. The fraction of sp³-hybridized carbons (Fsp3) is 0. The van der Waals surface area contributed by atoms with E-state index in [0.717, 1.165) is 0 Å². The van der Waals surface area contributed by atoms with Crippen molar-refractivity contribution in [3.8, 4) is 0 Å². The van der Waals surface area contributed by atoms with E-state index in [4.69, 9.17) is 11.5 Å². The van der Waals surface area contributed by atoms with Crippen LogP contribution in [-0.4, -0.2) is 41.4 Å². The molecule has 0 aliphatic carbocycles. The third-order valence-corrected chi connectivity index (χ3v) is 1.46. The quantitative estimate of drug-likeness (QED) is 0.597. The second-order valence-corrected chi connectivity index (χ2v) is 2.27. The molecular weight excluding hydrogens is 179 g/mol. The average Bonchev–Trinajstić information content (AvgIpc) is 2.04. The molecule has 5 heteroatoms. The minimum atomic E-state index is -0.649. The molecule has 0 unspecified atom stereocenters. The second kappa shape index (κ2) is 5.01. The predicted molar refractivity (Wildman–Crippen MR) is 50.6 cm³/mol. The van der Waals surface area contributed by atoms with Crippen LogP contribution >= 0.6 is 0 Å². The van der Waals surface area contributed by atoms with Gasteiger partial charge in [0.25, 0.3) is 0 Å². The van der Waals surface area contributed by atoms with E-state index in [-0.39, 0.29) is 40.7 Å². The van der Waals surface area contributed by atoms with Gasteiger partial charge in [0.2, 0.25) is 11.8 Å². The molecule has 13 heavy (non-hydrogen) atoms. The van der Waals surface area contributed by atoms with Crippen LogP contribution in [0, 0.1) is 0 Å². The topological polar surface area (TPSA) is 86.2 Å².